The predicted octanol–water partition coefficient (Wildman–Crippen LogP) is 9.25. The van der Waals surface area contributed by atoms with E-state index in [1.165, 1.54) is 135 Å². The highest BCUT2D eigenvalue weighted by Gasteiger charge is 2.44. The summed E-state index contributed by atoms with van der Waals surface area (Å²) >= 11 is 0. The van der Waals surface area contributed by atoms with E-state index >= 15 is 0 Å². The maximum atomic E-state index is 13.0. The van der Waals surface area contributed by atoms with Crippen molar-refractivity contribution in [3.8, 4) is 0 Å². The quantitative estimate of drug-likeness (QED) is 0.0235. The Labute approximate surface area is 354 Å². The van der Waals surface area contributed by atoms with E-state index in [2.05, 4.69) is 31.3 Å². The largest absolute Gasteiger partial charge is 0.394 e. The van der Waals surface area contributed by atoms with Crippen LogP contribution in [0, 0.1) is 0 Å². The second-order valence-corrected chi connectivity index (χ2v) is 17.0. The van der Waals surface area contributed by atoms with Crippen LogP contribution >= 0.6 is 0 Å². The summed E-state index contributed by atoms with van der Waals surface area (Å²) in [6.45, 7) is 3.59. The minimum absolute atomic E-state index is 0.310. The van der Waals surface area contributed by atoms with Crippen LogP contribution in [0.5, 0.6) is 0 Å². The summed E-state index contributed by atoms with van der Waals surface area (Å²) in [5, 5.41) is 64.7. The van der Waals surface area contributed by atoms with Crippen LogP contribution in [0.4, 0.5) is 0 Å². The first-order valence-corrected chi connectivity index (χ1v) is 24.2. The average Bonchev–Trinajstić information content (AvgIpc) is 3.22. The standard InChI is InChI=1S/C48H91NO9/c1-3-5-7-9-11-13-15-17-18-19-20-21-22-23-25-27-29-31-33-35-37-42(52)47(56)49-40(39-57-48-46(55)45(54)44(53)43(38-50)58-48)41(51)36-34-32-30-28-26-24-16-14-12-10-8-6-4-2/h16,24,34,36,40-46,48,50-55H,3-15,17-23,25-33,35,37-39H2,1-2H3,(H,49,56)/b24-16+,36-34+/t40-,41+,42-,43-,44-,45+,46-,48-/m1/s1. The molecule has 0 aromatic carbocycles. The third kappa shape index (κ3) is 28.2. The molecule has 0 unspecified atom stereocenters. The number of aliphatic hydroxyl groups is 6. The van der Waals surface area contributed by atoms with Gasteiger partial charge in [-0.2, -0.15) is 0 Å². The Morgan fingerprint density at radius 2 is 1.00 bits per heavy atom. The van der Waals surface area contributed by atoms with E-state index in [4.69, 9.17) is 9.47 Å². The number of carbonyl (C=O) groups excluding carboxylic acids is 1. The van der Waals surface area contributed by atoms with E-state index in [1.807, 2.05) is 6.08 Å². The van der Waals surface area contributed by atoms with Gasteiger partial charge >= 0.3 is 0 Å². The van der Waals surface area contributed by atoms with Crippen LogP contribution in [0.1, 0.15) is 213 Å². The molecular formula is C48H91NO9. The first-order valence-electron chi connectivity index (χ1n) is 24.2. The minimum atomic E-state index is -1.61. The first kappa shape index (κ1) is 54.6. The van der Waals surface area contributed by atoms with E-state index in [-0.39, 0.29) is 6.61 Å². The number of hydrogen-bond donors (Lipinski definition) is 7. The lowest BCUT2D eigenvalue weighted by Crippen LogP contribution is -2.60. The molecule has 0 aromatic rings. The van der Waals surface area contributed by atoms with Crippen LogP contribution in [0.2, 0.25) is 0 Å². The Balaban J connectivity index is 2.36. The fourth-order valence-electron chi connectivity index (χ4n) is 7.63. The molecule has 1 aliphatic heterocycles. The maximum Gasteiger partial charge on any atom is 0.249 e. The number of unbranched alkanes of at least 4 members (excludes halogenated alkanes) is 27. The van der Waals surface area contributed by atoms with Gasteiger partial charge < -0.3 is 45.4 Å². The zero-order valence-corrected chi connectivity index (χ0v) is 37.2. The van der Waals surface area contributed by atoms with Crippen LogP contribution < -0.4 is 5.32 Å². The molecule has 0 aliphatic carbocycles. The van der Waals surface area contributed by atoms with Crippen molar-refractivity contribution in [3.63, 3.8) is 0 Å². The zero-order valence-electron chi connectivity index (χ0n) is 37.2. The zero-order chi connectivity index (χ0) is 42.5. The molecule has 1 aliphatic rings. The Hall–Kier alpha value is -1.37. The number of ether oxygens (including phenoxy) is 2. The highest BCUT2D eigenvalue weighted by atomic mass is 16.7. The van der Waals surface area contributed by atoms with Gasteiger partial charge in [-0.25, -0.2) is 0 Å². The average molecular weight is 826 g/mol. The number of carbonyl (C=O) groups is 1. The molecule has 8 atom stereocenters. The van der Waals surface area contributed by atoms with Crippen LogP contribution in [0.15, 0.2) is 24.3 Å². The molecule has 1 saturated heterocycles. The predicted molar refractivity (Wildman–Crippen MR) is 236 cm³/mol. The van der Waals surface area contributed by atoms with Crippen molar-refractivity contribution < 1.29 is 44.9 Å². The molecular weight excluding hydrogens is 735 g/mol. The second kappa shape index (κ2) is 38.5. The smallest absolute Gasteiger partial charge is 0.249 e. The molecule has 1 amide bonds. The van der Waals surface area contributed by atoms with Crippen molar-refractivity contribution in [3.05, 3.63) is 24.3 Å². The summed E-state index contributed by atoms with van der Waals surface area (Å²) in [4.78, 5) is 13.0. The second-order valence-electron chi connectivity index (χ2n) is 17.0. The molecule has 0 aromatic heterocycles. The van der Waals surface area contributed by atoms with Gasteiger partial charge in [0.05, 0.1) is 25.4 Å². The van der Waals surface area contributed by atoms with Gasteiger partial charge in [-0.15, -0.1) is 0 Å². The minimum Gasteiger partial charge on any atom is -0.394 e. The lowest BCUT2D eigenvalue weighted by molar-refractivity contribution is -0.302. The highest BCUT2D eigenvalue weighted by molar-refractivity contribution is 5.80. The first-order chi connectivity index (χ1) is 28.3. The van der Waals surface area contributed by atoms with Gasteiger partial charge in [-0.3, -0.25) is 4.79 Å². The molecule has 0 spiro atoms. The number of nitrogens with one attached hydrogen (secondary N) is 1. The van der Waals surface area contributed by atoms with Crippen molar-refractivity contribution in [1.29, 1.82) is 0 Å². The third-order valence-corrected chi connectivity index (χ3v) is 11.6. The summed E-state index contributed by atoms with van der Waals surface area (Å²) in [6, 6.07) is -0.985. The van der Waals surface area contributed by atoms with Crippen LogP contribution in [-0.2, 0) is 14.3 Å². The topological polar surface area (TPSA) is 169 Å². The van der Waals surface area contributed by atoms with E-state index in [9.17, 15) is 35.4 Å². The fourth-order valence-corrected chi connectivity index (χ4v) is 7.63. The van der Waals surface area contributed by atoms with Gasteiger partial charge in [0.2, 0.25) is 5.91 Å². The Kier molecular flexibility index (Phi) is 36.3. The van der Waals surface area contributed by atoms with Crippen LogP contribution in [0.25, 0.3) is 0 Å². The van der Waals surface area contributed by atoms with Crippen molar-refractivity contribution in [2.75, 3.05) is 13.2 Å². The lowest BCUT2D eigenvalue weighted by Gasteiger charge is -2.40. The van der Waals surface area contributed by atoms with Gasteiger partial charge in [-0.05, 0) is 44.9 Å². The molecule has 342 valence electrons. The van der Waals surface area contributed by atoms with Gasteiger partial charge in [0.1, 0.15) is 30.5 Å². The van der Waals surface area contributed by atoms with E-state index in [0.29, 0.717) is 6.42 Å². The SMILES string of the molecule is CCCCCCC/C=C/CCCC/C=C/[C@H](O)[C@@H](CO[C@@H]1O[C@H](CO)[C@@H](O)[C@H](O)[C@H]1O)NC(=O)[C@H](O)CCCCCCCCCCCCCCCCCCCCCC. The highest BCUT2D eigenvalue weighted by Crippen LogP contribution is 2.23. The Morgan fingerprint density at radius 1 is 0.586 bits per heavy atom. The maximum absolute atomic E-state index is 13.0. The summed E-state index contributed by atoms with van der Waals surface area (Å²) < 4.78 is 11.1. The molecule has 10 nitrogen and oxygen atoms in total. The van der Waals surface area contributed by atoms with Crippen LogP contribution in [-0.4, -0.2) is 98.7 Å². The molecule has 7 N–H and O–H groups in total. The molecule has 0 bridgehead atoms. The Morgan fingerprint density at radius 3 is 1.47 bits per heavy atom. The number of rotatable bonds is 40. The molecule has 58 heavy (non-hydrogen) atoms. The van der Waals surface area contributed by atoms with Crippen molar-refractivity contribution in [1.82, 2.24) is 5.32 Å². The molecule has 1 rings (SSSR count). The van der Waals surface area contributed by atoms with E-state index in [0.717, 1.165) is 57.8 Å². The van der Waals surface area contributed by atoms with Crippen molar-refractivity contribution in [2.45, 2.75) is 262 Å². The molecule has 1 heterocycles. The number of aliphatic hydroxyl groups excluding tert-OH is 6. The summed E-state index contributed by atoms with van der Waals surface area (Å²) in [5.41, 5.74) is 0. The summed E-state index contributed by atoms with van der Waals surface area (Å²) in [5.74, 6) is -0.621. The van der Waals surface area contributed by atoms with Gasteiger partial charge in [0, 0.05) is 0 Å². The van der Waals surface area contributed by atoms with Gasteiger partial charge in [0.25, 0.3) is 0 Å². The molecule has 1 fully saturated rings. The number of allylic oxidation sites excluding steroid dienone is 3. The summed E-state index contributed by atoms with van der Waals surface area (Å²) in [7, 11) is 0. The van der Waals surface area contributed by atoms with E-state index in [1.54, 1.807) is 6.08 Å². The summed E-state index contributed by atoms with van der Waals surface area (Å²) in [6.07, 6.45) is 35.5. The van der Waals surface area contributed by atoms with Gasteiger partial charge in [0.15, 0.2) is 6.29 Å². The Bertz CT molecular complexity index is 979. The molecule has 10 heteroatoms. The van der Waals surface area contributed by atoms with E-state index < -0.39 is 61.5 Å². The number of amides is 1. The van der Waals surface area contributed by atoms with Crippen molar-refractivity contribution >= 4 is 5.91 Å². The van der Waals surface area contributed by atoms with Crippen molar-refractivity contribution in [2.24, 2.45) is 0 Å². The van der Waals surface area contributed by atoms with Crippen LogP contribution in [0.3, 0.4) is 0 Å². The number of hydrogen-bond acceptors (Lipinski definition) is 9. The molecule has 0 radical (unpaired) electrons. The van der Waals surface area contributed by atoms with Gasteiger partial charge in [-0.1, -0.05) is 192 Å². The monoisotopic (exact) mass is 826 g/mol. The fraction of sp³-hybridized carbons (Fsp3) is 0.896. The normalized spacial score (nSPS) is 21.6. The third-order valence-electron chi connectivity index (χ3n) is 11.6. The molecule has 0 saturated carbocycles. The lowest BCUT2D eigenvalue weighted by atomic mass is 9.99.